The minimum Gasteiger partial charge on any atom is -0.360 e. The van der Waals surface area contributed by atoms with Crippen LogP contribution in [0.15, 0.2) is 70.2 Å². The molecule has 120 valence electrons. The first-order chi connectivity index (χ1) is 11.8. The van der Waals surface area contributed by atoms with Gasteiger partial charge in [-0.3, -0.25) is 4.79 Å². The van der Waals surface area contributed by atoms with Gasteiger partial charge in [0.05, 0.1) is 11.8 Å². The van der Waals surface area contributed by atoms with Crippen LogP contribution in [0.2, 0.25) is 0 Å². The number of carbonyl (C=O) groups excluding carboxylic acids is 1. The van der Waals surface area contributed by atoms with Gasteiger partial charge in [-0.05, 0) is 30.5 Å². The molecular formula is C20H17NO2S. The van der Waals surface area contributed by atoms with Crippen molar-refractivity contribution in [2.75, 3.05) is 0 Å². The molecule has 3 nitrogen and oxygen atoms in total. The Morgan fingerprint density at radius 1 is 1.04 bits per heavy atom. The maximum atomic E-state index is 13.0. The third-order valence-electron chi connectivity index (χ3n) is 4.19. The second-order valence-corrected chi connectivity index (χ2v) is 7.01. The first-order valence-corrected chi connectivity index (χ1v) is 9.06. The number of ketones is 1. The van der Waals surface area contributed by atoms with E-state index in [1.807, 2.05) is 42.5 Å². The van der Waals surface area contributed by atoms with Gasteiger partial charge in [-0.25, -0.2) is 0 Å². The maximum Gasteiger partial charge on any atom is 0.198 e. The quantitative estimate of drug-likeness (QED) is 0.466. The minimum absolute atomic E-state index is 0.0161. The van der Waals surface area contributed by atoms with E-state index in [0.29, 0.717) is 11.5 Å². The summed E-state index contributed by atoms with van der Waals surface area (Å²) in [5, 5.41) is 3.85. The molecule has 0 unspecified atom stereocenters. The van der Waals surface area contributed by atoms with Crippen molar-refractivity contribution < 1.29 is 9.32 Å². The summed E-state index contributed by atoms with van der Waals surface area (Å²) >= 11 is 1.73. The highest BCUT2D eigenvalue weighted by Gasteiger charge is 2.33. The molecule has 0 atom stereocenters. The molecule has 1 fully saturated rings. The van der Waals surface area contributed by atoms with Crippen molar-refractivity contribution in [1.82, 2.24) is 5.16 Å². The number of rotatable bonds is 6. The van der Waals surface area contributed by atoms with Gasteiger partial charge in [0.1, 0.15) is 0 Å². The fourth-order valence-electron chi connectivity index (χ4n) is 2.75. The Labute approximate surface area is 145 Å². The highest BCUT2D eigenvalue weighted by Crippen LogP contribution is 2.42. The molecule has 1 saturated carbocycles. The van der Waals surface area contributed by atoms with Crippen molar-refractivity contribution in [2.24, 2.45) is 0 Å². The average Bonchev–Trinajstić information content (AvgIpc) is 3.37. The third-order valence-corrected chi connectivity index (χ3v) is 5.25. The molecule has 1 aromatic heterocycles. The largest absolute Gasteiger partial charge is 0.360 e. The lowest BCUT2D eigenvalue weighted by molar-refractivity contribution is 0.103. The zero-order chi connectivity index (χ0) is 16.4. The Hall–Kier alpha value is -2.33. The summed E-state index contributed by atoms with van der Waals surface area (Å²) in [7, 11) is 0. The van der Waals surface area contributed by atoms with E-state index in [2.05, 4.69) is 17.3 Å². The first-order valence-electron chi connectivity index (χ1n) is 8.08. The van der Waals surface area contributed by atoms with Crippen LogP contribution in [-0.4, -0.2) is 10.9 Å². The van der Waals surface area contributed by atoms with Crippen molar-refractivity contribution in [3.63, 3.8) is 0 Å². The molecule has 0 N–H and O–H groups in total. The lowest BCUT2D eigenvalue weighted by Gasteiger charge is -2.08. The Morgan fingerprint density at radius 2 is 1.79 bits per heavy atom. The monoisotopic (exact) mass is 335 g/mol. The van der Waals surface area contributed by atoms with Gasteiger partial charge in [0.25, 0.3) is 0 Å². The lowest BCUT2D eigenvalue weighted by Crippen LogP contribution is -2.06. The normalized spacial score (nSPS) is 13.8. The van der Waals surface area contributed by atoms with E-state index in [1.165, 1.54) is 4.90 Å². The highest BCUT2D eigenvalue weighted by atomic mass is 32.2. The molecule has 4 rings (SSSR count). The molecule has 4 heteroatoms. The molecule has 0 radical (unpaired) electrons. The molecule has 1 heterocycles. The number of benzene rings is 2. The van der Waals surface area contributed by atoms with Gasteiger partial charge in [0.15, 0.2) is 11.5 Å². The summed E-state index contributed by atoms with van der Waals surface area (Å²) in [6.07, 6.45) is 3.74. The van der Waals surface area contributed by atoms with Crippen LogP contribution in [0.4, 0.5) is 0 Å². The molecule has 3 aromatic rings. The van der Waals surface area contributed by atoms with Gasteiger partial charge < -0.3 is 4.52 Å². The average molecular weight is 335 g/mol. The molecule has 1 aliphatic rings. The van der Waals surface area contributed by atoms with Crippen LogP contribution >= 0.6 is 11.8 Å². The van der Waals surface area contributed by atoms with E-state index in [1.54, 1.807) is 18.0 Å². The Bertz CT molecular complexity index is 853. The van der Waals surface area contributed by atoms with Gasteiger partial charge >= 0.3 is 0 Å². The number of hydrogen-bond acceptors (Lipinski definition) is 4. The van der Waals surface area contributed by atoms with Crippen LogP contribution in [-0.2, 0) is 5.75 Å². The molecule has 0 bridgehead atoms. The fraction of sp³-hybridized carbons (Fsp3) is 0.200. The van der Waals surface area contributed by atoms with Crippen molar-refractivity contribution in [3.05, 3.63) is 83.2 Å². The Morgan fingerprint density at radius 3 is 2.58 bits per heavy atom. The van der Waals surface area contributed by atoms with Crippen LogP contribution < -0.4 is 0 Å². The number of nitrogens with zero attached hydrogens (tertiary/aromatic N) is 1. The van der Waals surface area contributed by atoms with Crippen LogP contribution in [0.1, 0.15) is 46.0 Å². The van der Waals surface area contributed by atoms with Gasteiger partial charge in [-0.15, -0.1) is 11.8 Å². The smallest absolute Gasteiger partial charge is 0.198 e. The number of hydrogen-bond donors (Lipinski definition) is 0. The molecule has 0 spiro atoms. The summed E-state index contributed by atoms with van der Waals surface area (Å²) in [5.74, 6) is 1.90. The first kappa shape index (κ1) is 15.2. The second kappa shape index (κ2) is 6.65. The number of aromatic nitrogens is 1. The highest BCUT2D eigenvalue weighted by molar-refractivity contribution is 7.98. The van der Waals surface area contributed by atoms with Crippen molar-refractivity contribution >= 4 is 17.5 Å². The van der Waals surface area contributed by atoms with Crippen LogP contribution in [0.3, 0.4) is 0 Å². The molecule has 0 saturated heterocycles. The van der Waals surface area contributed by atoms with Crippen molar-refractivity contribution in [2.45, 2.75) is 29.4 Å². The maximum absolute atomic E-state index is 13.0. The summed E-state index contributed by atoms with van der Waals surface area (Å²) in [4.78, 5) is 14.2. The topological polar surface area (TPSA) is 43.1 Å². The summed E-state index contributed by atoms with van der Waals surface area (Å²) in [6, 6.07) is 18.0. The van der Waals surface area contributed by atoms with Gasteiger partial charge in [-0.1, -0.05) is 47.6 Å². The zero-order valence-corrected chi connectivity index (χ0v) is 14.0. The van der Waals surface area contributed by atoms with E-state index in [-0.39, 0.29) is 5.78 Å². The molecule has 0 aliphatic heterocycles. The Balaban J connectivity index is 1.59. The van der Waals surface area contributed by atoms with Gasteiger partial charge in [0.2, 0.25) is 0 Å². The standard InChI is InChI=1S/C20H17NO2S/c22-19(18-12-21-23-20(18)14-10-11-14)17-9-5-4-6-15(17)13-24-16-7-2-1-3-8-16/h1-9,12,14H,10-11,13H2. The summed E-state index contributed by atoms with van der Waals surface area (Å²) < 4.78 is 5.32. The zero-order valence-electron chi connectivity index (χ0n) is 13.1. The lowest BCUT2D eigenvalue weighted by atomic mass is 9.99. The Kier molecular flexibility index (Phi) is 4.22. The third kappa shape index (κ3) is 3.15. The number of thioether (sulfide) groups is 1. The summed E-state index contributed by atoms with van der Waals surface area (Å²) in [6.45, 7) is 0. The van der Waals surface area contributed by atoms with Crippen LogP contribution in [0, 0.1) is 0 Å². The van der Waals surface area contributed by atoms with E-state index >= 15 is 0 Å². The van der Waals surface area contributed by atoms with Crippen LogP contribution in [0.25, 0.3) is 0 Å². The molecule has 0 amide bonds. The van der Waals surface area contributed by atoms with Gasteiger partial charge in [0, 0.05) is 22.1 Å². The van der Waals surface area contributed by atoms with Gasteiger partial charge in [-0.2, -0.15) is 0 Å². The molecule has 24 heavy (non-hydrogen) atoms. The fourth-order valence-corrected chi connectivity index (χ4v) is 3.67. The molecular weight excluding hydrogens is 318 g/mol. The summed E-state index contributed by atoms with van der Waals surface area (Å²) in [5.41, 5.74) is 2.40. The minimum atomic E-state index is 0.0161. The van der Waals surface area contributed by atoms with E-state index in [9.17, 15) is 4.79 Å². The predicted octanol–water partition coefficient (Wildman–Crippen LogP) is 5.08. The second-order valence-electron chi connectivity index (χ2n) is 5.97. The molecule has 1 aliphatic carbocycles. The molecule has 2 aromatic carbocycles. The SMILES string of the molecule is O=C(c1ccccc1CSc1ccccc1)c1cnoc1C1CC1. The van der Waals surface area contributed by atoms with E-state index in [4.69, 9.17) is 4.52 Å². The van der Waals surface area contributed by atoms with Crippen molar-refractivity contribution in [3.8, 4) is 0 Å². The predicted molar refractivity (Wildman–Crippen MR) is 94.4 cm³/mol. The van der Waals surface area contributed by atoms with Crippen molar-refractivity contribution in [1.29, 1.82) is 0 Å². The number of carbonyl (C=O) groups is 1. The van der Waals surface area contributed by atoms with E-state index < -0.39 is 0 Å². The van der Waals surface area contributed by atoms with E-state index in [0.717, 1.165) is 35.5 Å². The van der Waals surface area contributed by atoms with Crippen LogP contribution in [0.5, 0.6) is 0 Å².